The van der Waals surface area contributed by atoms with Crippen LogP contribution in [-0.4, -0.2) is 38.8 Å². The number of halogens is 1. The summed E-state index contributed by atoms with van der Waals surface area (Å²) in [6.07, 6.45) is 1.42. The molecule has 136 valence electrons. The highest BCUT2D eigenvalue weighted by molar-refractivity contribution is 5.96. The van der Waals surface area contributed by atoms with E-state index in [4.69, 9.17) is 9.47 Å². The summed E-state index contributed by atoms with van der Waals surface area (Å²) in [6.45, 7) is -0.293. The highest BCUT2D eigenvalue weighted by Crippen LogP contribution is 2.26. The molecular formula is C18H18FN3O4. The molecule has 0 unspecified atom stereocenters. The molecule has 0 heterocycles. The van der Waals surface area contributed by atoms with Crippen LogP contribution in [-0.2, 0) is 4.79 Å². The lowest BCUT2D eigenvalue weighted by Gasteiger charge is -2.07. The first-order valence-electron chi connectivity index (χ1n) is 7.61. The summed E-state index contributed by atoms with van der Waals surface area (Å²) in [4.78, 5) is 23.5. The molecule has 0 saturated heterocycles. The minimum Gasteiger partial charge on any atom is -0.493 e. The van der Waals surface area contributed by atoms with Crippen molar-refractivity contribution in [1.82, 2.24) is 10.7 Å². The first kappa shape index (κ1) is 18.9. The van der Waals surface area contributed by atoms with Gasteiger partial charge in [0, 0.05) is 5.56 Å². The minimum absolute atomic E-state index is 0.131. The molecule has 2 aromatic carbocycles. The van der Waals surface area contributed by atoms with E-state index in [2.05, 4.69) is 15.8 Å². The van der Waals surface area contributed by atoms with Gasteiger partial charge in [0.1, 0.15) is 5.82 Å². The number of hydrogen-bond acceptors (Lipinski definition) is 5. The minimum atomic E-state index is -0.552. The number of methoxy groups -OCH3 is 2. The first-order chi connectivity index (χ1) is 12.5. The monoisotopic (exact) mass is 359 g/mol. The molecule has 0 aliphatic carbocycles. The molecular weight excluding hydrogens is 341 g/mol. The molecule has 0 bridgehead atoms. The standard InChI is InChI=1S/C18H18FN3O4/c1-25-15-7-6-12(8-16(15)26-2)10-21-22-17(23)11-20-18(24)13-4-3-5-14(19)9-13/h3-10H,11H2,1-2H3,(H,20,24)(H,22,23)/b21-10+. The molecule has 2 aromatic rings. The van der Waals surface area contributed by atoms with Crippen molar-refractivity contribution in [2.24, 2.45) is 5.10 Å². The predicted octanol–water partition coefficient (Wildman–Crippen LogP) is 1.72. The van der Waals surface area contributed by atoms with Crippen LogP contribution in [0.2, 0.25) is 0 Å². The third kappa shape index (κ3) is 5.30. The lowest BCUT2D eigenvalue weighted by Crippen LogP contribution is -2.34. The van der Waals surface area contributed by atoms with E-state index in [1.165, 1.54) is 38.6 Å². The molecule has 2 amide bonds. The molecule has 2 rings (SSSR count). The van der Waals surface area contributed by atoms with Gasteiger partial charge in [-0.3, -0.25) is 9.59 Å². The van der Waals surface area contributed by atoms with Crippen molar-refractivity contribution < 1.29 is 23.5 Å². The van der Waals surface area contributed by atoms with Crippen molar-refractivity contribution in [1.29, 1.82) is 0 Å². The molecule has 0 atom stereocenters. The van der Waals surface area contributed by atoms with E-state index < -0.39 is 17.6 Å². The van der Waals surface area contributed by atoms with Crippen LogP contribution in [0.3, 0.4) is 0 Å². The van der Waals surface area contributed by atoms with Crippen molar-refractivity contribution in [2.45, 2.75) is 0 Å². The Morgan fingerprint density at radius 2 is 1.88 bits per heavy atom. The van der Waals surface area contributed by atoms with Gasteiger partial charge in [-0.15, -0.1) is 0 Å². The van der Waals surface area contributed by atoms with Gasteiger partial charge in [0.2, 0.25) is 0 Å². The summed E-state index contributed by atoms with van der Waals surface area (Å²) in [5.74, 6) is -0.490. The fourth-order valence-corrected chi connectivity index (χ4v) is 2.04. The number of amides is 2. The molecule has 0 aliphatic heterocycles. The molecule has 7 nitrogen and oxygen atoms in total. The number of hydrogen-bond donors (Lipinski definition) is 2. The number of rotatable bonds is 7. The molecule has 2 N–H and O–H groups in total. The molecule has 0 aromatic heterocycles. The quantitative estimate of drug-likeness (QED) is 0.582. The Morgan fingerprint density at radius 1 is 1.12 bits per heavy atom. The number of nitrogens with one attached hydrogen (secondary N) is 2. The van der Waals surface area contributed by atoms with Gasteiger partial charge in [0.05, 0.1) is 27.0 Å². The van der Waals surface area contributed by atoms with Gasteiger partial charge in [0.25, 0.3) is 11.8 Å². The molecule has 0 saturated carbocycles. The zero-order valence-corrected chi connectivity index (χ0v) is 14.3. The molecule has 8 heteroatoms. The van der Waals surface area contributed by atoms with E-state index >= 15 is 0 Å². The summed E-state index contributed by atoms with van der Waals surface area (Å²) in [5.41, 5.74) is 3.10. The number of nitrogens with zero attached hydrogens (tertiary/aromatic N) is 1. The summed E-state index contributed by atoms with van der Waals surface area (Å²) in [5, 5.41) is 6.18. The lowest BCUT2D eigenvalue weighted by molar-refractivity contribution is -0.120. The Labute approximate surface area is 149 Å². The topological polar surface area (TPSA) is 89.0 Å². The molecule has 0 fully saturated rings. The molecule has 0 aliphatic rings. The second-order valence-corrected chi connectivity index (χ2v) is 5.10. The Balaban J connectivity index is 1.85. The van der Waals surface area contributed by atoms with E-state index in [9.17, 15) is 14.0 Å². The van der Waals surface area contributed by atoms with Gasteiger partial charge in [-0.05, 0) is 42.0 Å². The summed E-state index contributed by atoms with van der Waals surface area (Å²) in [6, 6.07) is 10.3. The zero-order chi connectivity index (χ0) is 18.9. The maximum atomic E-state index is 13.1. The maximum absolute atomic E-state index is 13.1. The van der Waals surface area contributed by atoms with Crippen LogP contribution in [0, 0.1) is 5.82 Å². The van der Waals surface area contributed by atoms with Crippen LogP contribution in [0.15, 0.2) is 47.6 Å². The Hall–Kier alpha value is -3.42. The van der Waals surface area contributed by atoms with Gasteiger partial charge in [-0.2, -0.15) is 5.10 Å². The van der Waals surface area contributed by atoms with Gasteiger partial charge in [-0.1, -0.05) is 6.07 Å². The second-order valence-electron chi connectivity index (χ2n) is 5.10. The Kier molecular flexibility index (Phi) is 6.67. The van der Waals surface area contributed by atoms with Crippen molar-refractivity contribution >= 4 is 18.0 Å². The lowest BCUT2D eigenvalue weighted by atomic mass is 10.2. The van der Waals surface area contributed by atoms with Crippen LogP contribution in [0.1, 0.15) is 15.9 Å². The van der Waals surface area contributed by atoms with E-state index in [1.807, 2.05) is 0 Å². The average molecular weight is 359 g/mol. The Morgan fingerprint density at radius 3 is 2.58 bits per heavy atom. The summed E-state index contributed by atoms with van der Waals surface area (Å²) in [7, 11) is 3.05. The van der Waals surface area contributed by atoms with Crippen LogP contribution in [0.25, 0.3) is 0 Å². The molecule has 0 spiro atoms. The second kappa shape index (κ2) is 9.16. The van der Waals surface area contributed by atoms with Crippen molar-refractivity contribution in [3.63, 3.8) is 0 Å². The van der Waals surface area contributed by atoms with Crippen LogP contribution in [0.4, 0.5) is 4.39 Å². The van der Waals surface area contributed by atoms with Crippen molar-refractivity contribution in [2.75, 3.05) is 20.8 Å². The smallest absolute Gasteiger partial charge is 0.259 e. The maximum Gasteiger partial charge on any atom is 0.259 e. The SMILES string of the molecule is COc1ccc(/C=N/NC(=O)CNC(=O)c2cccc(F)c2)cc1OC. The normalized spacial score (nSPS) is 10.4. The van der Waals surface area contributed by atoms with E-state index in [0.29, 0.717) is 17.1 Å². The molecule has 0 radical (unpaired) electrons. The average Bonchev–Trinajstić information content (AvgIpc) is 2.65. The van der Waals surface area contributed by atoms with E-state index in [-0.39, 0.29) is 12.1 Å². The van der Waals surface area contributed by atoms with Crippen molar-refractivity contribution in [3.05, 3.63) is 59.4 Å². The Bertz CT molecular complexity index is 824. The number of hydrazone groups is 1. The molecule has 26 heavy (non-hydrogen) atoms. The van der Waals surface area contributed by atoms with E-state index in [1.54, 1.807) is 18.2 Å². The van der Waals surface area contributed by atoms with Gasteiger partial charge in [-0.25, -0.2) is 9.82 Å². The van der Waals surface area contributed by atoms with Crippen LogP contribution < -0.4 is 20.2 Å². The van der Waals surface area contributed by atoms with Crippen LogP contribution >= 0.6 is 0 Å². The largest absolute Gasteiger partial charge is 0.493 e. The highest BCUT2D eigenvalue weighted by Gasteiger charge is 2.08. The summed E-state index contributed by atoms with van der Waals surface area (Å²) >= 11 is 0. The van der Waals surface area contributed by atoms with Crippen LogP contribution in [0.5, 0.6) is 11.5 Å². The number of benzene rings is 2. The third-order valence-electron chi connectivity index (χ3n) is 3.31. The predicted molar refractivity (Wildman–Crippen MR) is 94.0 cm³/mol. The fraction of sp³-hybridized carbons (Fsp3) is 0.167. The van der Waals surface area contributed by atoms with E-state index in [0.717, 1.165) is 6.07 Å². The van der Waals surface area contributed by atoms with Gasteiger partial charge >= 0.3 is 0 Å². The number of ether oxygens (including phenoxy) is 2. The highest BCUT2D eigenvalue weighted by atomic mass is 19.1. The first-order valence-corrected chi connectivity index (χ1v) is 7.61. The number of carbonyl (C=O) groups is 2. The fourth-order valence-electron chi connectivity index (χ4n) is 2.04. The summed E-state index contributed by atoms with van der Waals surface area (Å²) < 4.78 is 23.4. The number of carbonyl (C=O) groups excluding carboxylic acids is 2. The van der Waals surface area contributed by atoms with Gasteiger partial charge in [0.15, 0.2) is 11.5 Å². The zero-order valence-electron chi connectivity index (χ0n) is 14.3. The van der Waals surface area contributed by atoms with Gasteiger partial charge < -0.3 is 14.8 Å². The van der Waals surface area contributed by atoms with Crippen molar-refractivity contribution in [3.8, 4) is 11.5 Å². The third-order valence-corrected chi connectivity index (χ3v) is 3.31.